The lowest BCUT2D eigenvalue weighted by Gasteiger charge is -2.01. The number of hydrogen-bond acceptors (Lipinski definition) is 2. The van der Waals surface area contributed by atoms with Gasteiger partial charge in [-0.05, 0) is 26.2 Å². The smallest absolute Gasteiger partial charge is 0.132 e. The van der Waals surface area contributed by atoms with Gasteiger partial charge in [-0.3, -0.25) is 4.79 Å². The molecule has 52 valence electrons. The summed E-state index contributed by atoms with van der Waals surface area (Å²) >= 11 is 0. The van der Waals surface area contributed by atoms with E-state index in [1.54, 1.807) is 6.92 Å². The highest BCUT2D eigenvalue weighted by molar-refractivity contribution is 5.78. The van der Waals surface area contributed by atoms with E-state index >= 15 is 0 Å². The lowest BCUT2D eigenvalue weighted by Crippen LogP contribution is -2.16. The average Bonchev–Trinajstić information content (AvgIpc) is 2.14. The van der Waals surface area contributed by atoms with Gasteiger partial charge in [0.25, 0.3) is 0 Å². The molecule has 1 rings (SSSR count). The predicted molar refractivity (Wildman–Crippen MR) is 36.0 cm³/mol. The fraction of sp³-hybridized carbons (Fsp3) is 0.857. The molecule has 0 heterocycles. The molecule has 1 aliphatic carbocycles. The molecule has 0 aromatic rings. The maximum absolute atomic E-state index is 10.7. The number of nitrogens with two attached hydrogens (primary N) is 1. The van der Waals surface area contributed by atoms with E-state index < -0.39 is 0 Å². The highest BCUT2D eigenvalue weighted by Crippen LogP contribution is 2.24. The molecule has 0 radical (unpaired) electrons. The van der Waals surface area contributed by atoms with Crippen LogP contribution >= 0.6 is 0 Å². The summed E-state index contributed by atoms with van der Waals surface area (Å²) in [5.41, 5.74) is 5.61. The summed E-state index contributed by atoms with van der Waals surface area (Å²) in [5, 5.41) is 0. The fourth-order valence-electron chi connectivity index (χ4n) is 1.39. The zero-order valence-electron chi connectivity index (χ0n) is 5.76. The number of Topliss-reactive ketones (excluding diaryl/α,β-unsaturated/α-hetero) is 1. The van der Waals surface area contributed by atoms with E-state index in [-0.39, 0.29) is 5.92 Å². The first-order valence-corrected chi connectivity index (χ1v) is 3.46. The van der Waals surface area contributed by atoms with Crippen molar-refractivity contribution in [2.45, 2.75) is 32.2 Å². The zero-order valence-corrected chi connectivity index (χ0v) is 5.76. The third kappa shape index (κ3) is 1.52. The van der Waals surface area contributed by atoms with E-state index in [1.807, 2.05) is 0 Å². The second kappa shape index (κ2) is 2.48. The second-order valence-corrected chi connectivity index (χ2v) is 2.88. The maximum atomic E-state index is 10.7. The van der Waals surface area contributed by atoms with Crippen molar-refractivity contribution in [3.05, 3.63) is 0 Å². The quantitative estimate of drug-likeness (QED) is 0.563. The van der Waals surface area contributed by atoms with Crippen molar-refractivity contribution in [3.63, 3.8) is 0 Å². The first kappa shape index (κ1) is 6.75. The van der Waals surface area contributed by atoms with Crippen molar-refractivity contribution in [3.8, 4) is 0 Å². The molecular formula is C7H13NO. The lowest BCUT2D eigenvalue weighted by molar-refractivity contribution is -0.120. The summed E-state index contributed by atoms with van der Waals surface area (Å²) in [6.07, 6.45) is 2.95. The van der Waals surface area contributed by atoms with Crippen molar-refractivity contribution in [2.75, 3.05) is 0 Å². The number of carbonyl (C=O) groups excluding carboxylic acids is 1. The normalized spacial score (nSPS) is 34.9. The van der Waals surface area contributed by atoms with Crippen molar-refractivity contribution in [2.24, 2.45) is 11.7 Å². The Hall–Kier alpha value is -0.370. The van der Waals surface area contributed by atoms with Gasteiger partial charge in [0.2, 0.25) is 0 Å². The molecule has 2 atom stereocenters. The highest BCUT2D eigenvalue weighted by Gasteiger charge is 2.24. The van der Waals surface area contributed by atoms with Crippen LogP contribution in [0.1, 0.15) is 26.2 Å². The molecule has 2 unspecified atom stereocenters. The maximum Gasteiger partial charge on any atom is 0.132 e. The molecule has 0 spiro atoms. The van der Waals surface area contributed by atoms with Gasteiger partial charge in [0.15, 0.2) is 0 Å². The minimum atomic E-state index is 0.278. The van der Waals surface area contributed by atoms with Crippen LogP contribution in [0.25, 0.3) is 0 Å². The Labute approximate surface area is 55.4 Å². The molecule has 0 aromatic carbocycles. The first-order chi connectivity index (χ1) is 4.20. The number of hydrogen-bond donors (Lipinski definition) is 1. The lowest BCUT2D eigenvalue weighted by atomic mass is 10.0. The van der Waals surface area contributed by atoms with Crippen LogP contribution in [0, 0.1) is 5.92 Å². The molecule has 0 amide bonds. The monoisotopic (exact) mass is 127 g/mol. The van der Waals surface area contributed by atoms with Gasteiger partial charge in [-0.2, -0.15) is 0 Å². The molecule has 1 fully saturated rings. The summed E-state index contributed by atoms with van der Waals surface area (Å²) in [4.78, 5) is 10.7. The topological polar surface area (TPSA) is 43.1 Å². The molecule has 1 saturated carbocycles. The van der Waals surface area contributed by atoms with Gasteiger partial charge in [0.05, 0.1) is 0 Å². The molecule has 9 heavy (non-hydrogen) atoms. The van der Waals surface area contributed by atoms with E-state index in [2.05, 4.69) is 0 Å². The highest BCUT2D eigenvalue weighted by atomic mass is 16.1. The Kier molecular flexibility index (Phi) is 1.86. The number of rotatable bonds is 1. The molecule has 2 nitrogen and oxygen atoms in total. The number of ketones is 1. The largest absolute Gasteiger partial charge is 0.328 e. The Morgan fingerprint density at radius 3 is 2.44 bits per heavy atom. The van der Waals surface area contributed by atoms with E-state index in [9.17, 15) is 4.79 Å². The Morgan fingerprint density at radius 2 is 2.22 bits per heavy atom. The van der Waals surface area contributed by atoms with Gasteiger partial charge < -0.3 is 5.73 Å². The molecule has 0 saturated heterocycles. The van der Waals surface area contributed by atoms with Crippen LogP contribution in [0.4, 0.5) is 0 Å². The van der Waals surface area contributed by atoms with E-state index in [1.165, 1.54) is 0 Å². The predicted octanol–water partition coefficient (Wildman–Crippen LogP) is 0.703. The summed E-state index contributed by atoms with van der Waals surface area (Å²) in [6.45, 7) is 1.66. The molecule has 2 N–H and O–H groups in total. The van der Waals surface area contributed by atoms with Crippen molar-refractivity contribution in [1.29, 1.82) is 0 Å². The van der Waals surface area contributed by atoms with Crippen molar-refractivity contribution >= 4 is 5.78 Å². The molecule has 0 bridgehead atoms. The SMILES string of the molecule is CC(=O)C1CCC(N)C1. The number of carbonyl (C=O) groups is 1. The molecular weight excluding hydrogens is 114 g/mol. The second-order valence-electron chi connectivity index (χ2n) is 2.88. The van der Waals surface area contributed by atoms with Gasteiger partial charge >= 0.3 is 0 Å². The van der Waals surface area contributed by atoms with Crippen LogP contribution in [-0.4, -0.2) is 11.8 Å². The van der Waals surface area contributed by atoms with Gasteiger partial charge in [-0.15, -0.1) is 0 Å². The van der Waals surface area contributed by atoms with Crippen LogP contribution in [0.2, 0.25) is 0 Å². The van der Waals surface area contributed by atoms with Gasteiger partial charge in [0, 0.05) is 12.0 Å². The van der Waals surface area contributed by atoms with Crippen molar-refractivity contribution < 1.29 is 4.79 Å². The third-order valence-corrected chi connectivity index (χ3v) is 2.05. The van der Waals surface area contributed by atoms with Gasteiger partial charge in [0.1, 0.15) is 5.78 Å². The van der Waals surface area contributed by atoms with E-state index in [0.717, 1.165) is 19.3 Å². The minimum absolute atomic E-state index is 0.278. The van der Waals surface area contributed by atoms with E-state index in [0.29, 0.717) is 11.8 Å². The van der Waals surface area contributed by atoms with Crippen LogP contribution in [0.15, 0.2) is 0 Å². The molecule has 0 aromatic heterocycles. The van der Waals surface area contributed by atoms with Crippen LogP contribution in [0.3, 0.4) is 0 Å². The molecule has 2 heteroatoms. The van der Waals surface area contributed by atoms with Crippen LogP contribution in [0.5, 0.6) is 0 Å². The summed E-state index contributed by atoms with van der Waals surface area (Å²) in [7, 11) is 0. The summed E-state index contributed by atoms with van der Waals surface area (Å²) in [5.74, 6) is 0.586. The fourth-order valence-corrected chi connectivity index (χ4v) is 1.39. The Balaban J connectivity index is 2.39. The summed E-state index contributed by atoms with van der Waals surface area (Å²) < 4.78 is 0. The third-order valence-electron chi connectivity index (χ3n) is 2.05. The van der Waals surface area contributed by atoms with Crippen LogP contribution in [-0.2, 0) is 4.79 Å². The average molecular weight is 127 g/mol. The minimum Gasteiger partial charge on any atom is -0.328 e. The van der Waals surface area contributed by atoms with Gasteiger partial charge in [-0.1, -0.05) is 0 Å². The van der Waals surface area contributed by atoms with Crippen molar-refractivity contribution in [1.82, 2.24) is 0 Å². The zero-order chi connectivity index (χ0) is 6.85. The Bertz CT molecular complexity index is 122. The first-order valence-electron chi connectivity index (χ1n) is 3.46. The summed E-state index contributed by atoms with van der Waals surface area (Å²) in [6, 6.07) is 0.291. The van der Waals surface area contributed by atoms with Gasteiger partial charge in [-0.25, -0.2) is 0 Å². The Morgan fingerprint density at radius 1 is 1.56 bits per heavy atom. The van der Waals surface area contributed by atoms with E-state index in [4.69, 9.17) is 5.73 Å². The standard InChI is InChI=1S/C7H13NO/c1-5(9)6-2-3-7(8)4-6/h6-7H,2-4,8H2,1H3. The molecule has 1 aliphatic rings. The van der Waals surface area contributed by atoms with Crippen LogP contribution < -0.4 is 5.73 Å². The molecule has 0 aliphatic heterocycles.